The predicted octanol–water partition coefficient (Wildman–Crippen LogP) is 1.25. The number of aromatic nitrogens is 2. The van der Waals surface area contributed by atoms with Crippen LogP contribution in [0.5, 0.6) is 0 Å². The summed E-state index contributed by atoms with van der Waals surface area (Å²) in [5.41, 5.74) is -0.00503. The second-order valence-corrected chi connectivity index (χ2v) is 4.99. The average Bonchev–Trinajstić information content (AvgIpc) is 2.41. The van der Waals surface area contributed by atoms with E-state index in [0.29, 0.717) is 19.0 Å². The number of aryl methyl sites for hydroxylation is 1. The van der Waals surface area contributed by atoms with Crippen LogP contribution in [0.15, 0.2) is 17.2 Å². The molecule has 2 heterocycles. The van der Waals surface area contributed by atoms with Crippen molar-refractivity contribution in [3.05, 3.63) is 22.7 Å². The van der Waals surface area contributed by atoms with Gasteiger partial charge in [-0.15, -0.1) is 0 Å². The molecule has 1 aliphatic rings. The third-order valence-corrected chi connectivity index (χ3v) is 3.69. The lowest BCUT2D eigenvalue weighted by atomic mass is 10.3. The summed E-state index contributed by atoms with van der Waals surface area (Å²) in [5, 5.41) is 0.777. The Balaban J connectivity index is 2.22. The number of rotatable bonds is 4. The lowest BCUT2D eigenvalue weighted by Gasteiger charge is -2.32. The monoisotopic (exact) mass is 315 g/mol. The third-order valence-electron chi connectivity index (χ3n) is 2.97. The van der Waals surface area contributed by atoms with Gasteiger partial charge in [-0.25, -0.2) is 4.98 Å². The maximum Gasteiger partial charge on any atom is 0.293 e. The zero-order chi connectivity index (χ0) is 13.0. The molecule has 0 radical (unpaired) electrons. The van der Waals surface area contributed by atoms with E-state index in [4.69, 9.17) is 4.74 Å². The molecule has 1 aromatic heterocycles. The largest absolute Gasteiger partial charge is 0.374 e. The van der Waals surface area contributed by atoms with E-state index < -0.39 is 0 Å². The van der Waals surface area contributed by atoms with Crippen molar-refractivity contribution in [3.8, 4) is 0 Å². The minimum Gasteiger partial charge on any atom is -0.374 e. The molecule has 0 N–H and O–H groups in total. The van der Waals surface area contributed by atoms with Crippen LogP contribution in [0.1, 0.15) is 13.3 Å². The average molecular weight is 316 g/mol. The van der Waals surface area contributed by atoms with Crippen LogP contribution in [-0.4, -0.2) is 40.7 Å². The predicted molar refractivity (Wildman–Crippen MR) is 74.5 cm³/mol. The van der Waals surface area contributed by atoms with Crippen LogP contribution in [0.25, 0.3) is 0 Å². The van der Waals surface area contributed by atoms with Crippen molar-refractivity contribution in [2.24, 2.45) is 0 Å². The molecule has 2 rings (SSSR count). The molecular formula is C12H18BrN3O2. The molecule has 1 fully saturated rings. The summed E-state index contributed by atoms with van der Waals surface area (Å²) in [6, 6.07) is 0. The summed E-state index contributed by atoms with van der Waals surface area (Å²) in [4.78, 5) is 18.5. The smallest absolute Gasteiger partial charge is 0.293 e. The molecular weight excluding hydrogens is 298 g/mol. The molecule has 1 atom stereocenters. The van der Waals surface area contributed by atoms with Crippen molar-refractivity contribution < 1.29 is 4.74 Å². The van der Waals surface area contributed by atoms with E-state index >= 15 is 0 Å². The van der Waals surface area contributed by atoms with E-state index in [0.717, 1.165) is 24.8 Å². The maximum absolute atomic E-state index is 12.3. The van der Waals surface area contributed by atoms with E-state index in [-0.39, 0.29) is 11.7 Å². The van der Waals surface area contributed by atoms with Crippen LogP contribution in [-0.2, 0) is 11.3 Å². The van der Waals surface area contributed by atoms with Gasteiger partial charge >= 0.3 is 0 Å². The van der Waals surface area contributed by atoms with E-state index in [1.54, 1.807) is 17.0 Å². The topological polar surface area (TPSA) is 47.4 Å². The minimum absolute atomic E-state index is 0.00503. The number of hydrogen-bond acceptors (Lipinski definition) is 4. The molecule has 1 aromatic rings. The van der Waals surface area contributed by atoms with Gasteiger partial charge in [-0.3, -0.25) is 4.79 Å². The van der Waals surface area contributed by atoms with Crippen LogP contribution >= 0.6 is 15.9 Å². The fraction of sp³-hybridized carbons (Fsp3) is 0.667. The first-order valence-corrected chi connectivity index (χ1v) is 7.36. The van der Waals surface area contributed by atoms with Gasteiger partial charge in [0, 0.05) is 37.4 Å². The van der Waals surface area contributed by atoms with Gasteiger partial charge in [0.25, 0.3) is 5.56 Å². The Labute approximate surface area is 115 Å². The molecule has 1 aliphatic heterocycles. The first-order chi connectivity index (χ1) is 8.76. The minimum atomic E-state index is -0.00503. The second kappa shape index (κ2) is 6.33. The summed E-state index contributed by atoms with van der Waals surface area (Å²) in [6.45, 7) is 4.87. The highest BCUT2D eigenvalue weighted by Crippen LogP contribution is 2.12. The normalized spacial score (nSPS) is 20.1. The Morgan fingerprint density at radius 3 is 3.17 bits per heavy atom. The van der Waals surface area contributed by atoms with Gasteiger partial charge in [0.1, 0.15) is 0 Å². The molecule has 0 amide bonds. The van der Waals surface area contributed by atoms with Crippen molar-refractivity contribution in [2.45, 2.75) is 26.0 Å². The quantitative estimate of drug-likeness (QED) is 0.785. The van der Waals surface area contributed by atoms with Gasteiger partial charge < -0.3 is 14.2 Å². The Hall–Kier alpha value is -0.880. The van der Waals surface area contributed by atoms with Crippen LogP contribution in [0.2, 0.25) is 0 Å². The van der Waals surface area contributed by atoms with Gasteiger partial charge in [0.2, 0.25) is 0 Å². The zero-order valence-electron chi connectivity index (χ0n) is 10.5. The van der Waals surface area contributed by atoms with Gasteiger partial charge in [-0.05, 0) is 6.42 Å². The van der Waals surface area contributed by atoms with Crippen molar-refractivity contribution in [2.75, 3.05) is 29.9 Å². The molecule has 0 spiro atoms. The van der Waals surface area contributed by atoms with Crippen molar-refractivity contribution >= 4 is 21.7 Å². The fourth-order valence-corrected chi connectivity index (χ4v) is 2.47. The summed E-state index contributed by atoms with van der Waals surface area (Å²) in [5.74, 6) is 0.542. The van der Waals surface area contributed by atoms with Gasteiger partial charge in [-0.2, -0.15) is 0 Å². The van der Waals surface area contributed by atoms with Crippen LogP contribution in [0.4, 0.5) is 5.82 Å². The Bertz CT molecular complexity index is 449. The Morgan fingerprint density at radius 1 is 1.61 bits per heavy atom. The molecule has 5 nitrogen and oxygen atoms in total. The van der Waals surface area contributed by atoms with E-state index in [1.807, 2.05) is 4.90 Å². The highest BCUT2D eigenvalue weighted by atomic mass is 79.9. The number of morpholine rings is 1. The van der Waals surface area contributed by atoms with Gasteiger partial charge in [-0.1, -0.05) is 22.9 Å². The second-order valence-electron chi connectivity index (χ2n) is 4.34. The van der Waals surface area contributed by atoms with Gasteiger partial charge in [0.15, 0.2) is 5.82 Å². The van der Waals surface area contributed by atoms with Crippen molar-refractivity contribution in [1.29, 1.82) is 0 Å². The summed E-state index contributed by atoms with van der Waals surface area (Å²) >= 11 is 3.41. The number of halogens is 1. The van der Waals surface area contributed by atoms with Crippen LogP contribution < -0.4 is 10.5 Å². The van der Waals surface area contributed by atoms with Crippen molar-refractivity contribution in [1.82, 2.24) is 9.55 Å². The molecule has 0 saturated carbocycles. The van der Waals surface area contributed by atoms with Gasteiger partial charge in [0.05, 0.1) is 12.7 Å². The molecule has 1 unspecified atom stereocenters. The number of nitrogens with zero attached hydrogens (tertiary/aromatic N) is 3. The summed E-state index contributed by atoms with van der Waals surface area (Å²) in [6.07, 6.45) is 4.51. The fourth-order valence-electron chi connectivity index (χ4n) is 2.07. The molecule has 6 heteroatoms. The van der Waals surface area contributed by atoms with E-state index in [9.17, 15) is 4.79 Å². The highest BCUT2D eigenvalue weighted by molar-refractivity contribution is 9.09. The maximum atomic E-state index is 12.3. The zero-order valence-corrected chi connectivity index (χ0v) is 12.1. The molecule has 18 heavy (non-hydrogen) atoms. The number of alkyl halides is 1. The summed E-state index contributed by atoms with van der Waals surface area (Å²) in [7, 11) is 0. The molecule has 0 bridgehead atoms. The first-order valence-electron chi connectivity index (χ1n) is 6.24. The first kappa shape index (κ1) is 13.5. The number of anilines is 1. The van der Waals surface area contributed by atoms with Crippen molar-refractivity contribution in [3.63, 3.8) is 0 Å². The van der Waals surface area contributed by atoms with E-state index in [1.165, 1.54) is 0 Å². The van der Waals surface area contributed by atoms with Crippen LogP contribution in [0.3, 0.4) is 0 Å². The van der Waals surface area contributed by atoms with E-state index in [2.05, 4.69) is 27.8 Å². The number of ether oxygens (including phenoxy) is 1. The SMILES string of the molecule is CCCn1ccnc(N2CCOC(CBr)C2)c1=O. The highest BCUT2D eigenvalue weighted by Gasteiger charge is 2.22. The molecule has 1 saturated heterocycles. The summed E-state index contributed by atoms with van der Waals surface area (Å²) < 4.78 is 7.29. The molecule has 0 aliphatic carbocycles. The third kappa shape index (κ3) is 2.92. The lowest BCUT2D eigenvalue weighted by molar-refractivity contribution is 0.0566. The molecule has 100 valence electrons. The molecule has 0 aromatic carbocycles. The lowest BCUT2D eigenvalue weighted by Crippen LogP contribution is -2.46. The Kier molecular flexibility index (Phi) is 4.77. The number of hydrogen-bond donors (Lipinski definition) is 0. The standard InChI is InChI=1S/C12H18BrN3O2/c1-2-4-15-5-3-14-11(12(15)17)16-6-7-18-10(8-13)9-16/h3,5,10H,2,4,6-9H2,1H3. The van der Waals surface area contributed by atoms with Crippen LogP contribution in [0, 0.1) is 0 Å². The Morgan fingerprint density at radius 2 is 2.44 bits per heavy atom.